The maximum atomic E-state index is 8.94. The molecule has 1 aliphatic heterocycles. The Morgan fingerprint density at radius 3 is 2.24 bits per heavy atom. The number of ether oxygens (including phenoxy) is 1. The summed E-state index contributed by atoms with van der Waals surface area (Å²) in [4.78, 5) is 2.09. The van der Waals surface area contributed by atoms with Crippen LogP contribution in [0.25, 0.3) is 0 Å². The highest BCUT2D eigenvalue weighted by atomic mass is 28.3. The number of nitrogens with zero attached hydrogens (tertiary/aromatic N) is 2. The van der Waals surface area contributed by atoms with Gasteiger partial charge in [0.15, 0.2) is 9.04 Å². The molecule has 0 bridgehead atoms. The molecule has 8 heteroatoms. The third-order valence-corrected chi connectivity index (χ3v) is 11.9. The molecular weight excluding hydrogens is 490 g/mol. The van der Waals surface area contributed by atoms with Crippen LogP contribution < -0.4 is 16.0 Å². The van der Waals surface area contributed by atoms with E-state index in [2.05, 4.69) is 58.6 Å². The Hall–Kier alpha value is -2.42. The molecule has 1 fully saturated rings. The topological polar surface area (TPSA) is 100 Å². The van der Waals surface area contributed by atoms with Gasteiger partial charge in [-0.1, -0.05) is 52.0 Å². The van der Waals surface area contributed by atoms with Crippen LogP contribution in [0.1, 0.15) is 90.5 Å². The van der Waals surface area contributed by atoms with Gasteiger partial charge in [-0.2, -0.15) is 0 Å². The summed E-state index contributed by atoms with van der Waals surface area (Å²) in [6, 6.07) is 11.8. The molecule has 0 amide bonds. The van der Waals surface area contributed by atoms with E-state index < -0.39 is 9.04 Å². The van der Waals surface area contributed by atoms with Crippen LogP contribution in [0.4, 0.5) is 0 Å². The summed E-state index contributed by atoms with van der Waals surface area (Å²) in [5, 5.41) is 17.4. The molecule has 2 atom stereocenters. The first-order chi connectivity index (χ1) is 18.0. The summed E-state index contributed by atoms with van der Waals surface area (Å²) in [5.74, 6) is 1.47. The first kappa shape index (κ1) is 28.6. The number of nitrogens with two attached hydrogens (primary N) is 1. The van der Waals surface area contributed by atoms with E-state index in [-0.39, 0.29) is 23.2 Å². The lowest BCUT2D eigenvalue weighted by molar-refractivity contribution is 0.0118. The summed E-state index contributed by atoms with van der Waals surface area (Å²) in [6.45, 7) is 15.3. The van der Waals surface area contributed by atoms with Crippen LogP contribution in [0.15, 0.2) is 42.6 Å². The molecule has 1 saturated heterocycles. The highest BCUT2D eigenvalue weighted by molar-refractivity contribution is 6.55. The minimum absolute atomic E-state index is 0.0436. The van der Waals surface area contributed by atoms with Crippen LogP contribution >= 0.6 is 0 Å². The lowest BCUT2D eigenvalue weighted by Crippen LogP contribution is -2.50. The molecule has 4 N–H and O–H groups in total. The van der Waals surface area contributed by atoms with Crippen molar-refractivity contribution in [2.24, 2.45) is 11.7 Å². The van der Waals surface area contributed by atoms with Crippen LogP contribution in [0.2, 0.25) is 11.1 Å². The number of benzene rings is 1. The summed E-state index contributed by atoms with van der Waals surface area (Å²) >= 11 is 0. The number of fused-ring (bicyclic) bond motifs is 1. The van der Waals surface area contributed by atoms with Crippen molar-refractivity contribution in [1.82, 2.24) is 9.47 Å². The third kappa shape index (κ3) is 6.24. The Bertz CT molecular complexity index is 1160. The Morgan fingerprint density at radius 1 is 0.974 bits per heavy atom. The van der Waals surface area contributed by atoms with Crippen molar-refractivity contribution in [3.8, 4) is 5.75 Å². The molecule has 0 saturated carbocycles. The Kier molecular flexibility index (Phi) is 8.84. The highest BCUT2D eigenvalue weighted by Crippen LogP contribution is 2.38. The molecule has 208 valence electrons. The fraction of sp³-hybridized carbons (Fsp3) is 0.600. The number of rotatable bonds is 7. The summed E-state index contributed by atoms with van der Waals surface area (Å²) in [6.07, 6.45) is 5.41. The van der Waals surface area contributed by atoms with Crippen LogP contribution in [-0.2, 0) is 4.43 Å². The quantitative estimate of drug-likeness (QED) is 0.239. The molecule has 38 heavy (non-hydrogen) atoms. The second kappa shape index (κ2) is 11.8. The van der Waals surface area contributed by atoms with Crippen molar-refractivity contribution in [3.63, 3.8) is 0 Å². The molecule has 2 unspecified atom stereocenters. The zero-order valence-electron chi connectivity index (χ0n) is 24.0. The lowest BCUT2D eigenvalue weighted by Gasteiger charge is -2.44. The van der Waals surface area contributed by atoms with Crippen LogP contribution in [0.5, 0.6) is 5.75 Å². The van der Waals surface area contributed by atoms with E-state index in [1.54, 1.807) is 16.8 Å². The standard InChI is InChI=1S/C30H47N5O2Si/c1-20(2)38(21(3)4)37-30(5,6)22-15-17-34(18-16-22)29(33)35-19-23(11-14-28(35)32)36-27-13-12-26(31)24-9-7-8-10-25(24)27/h7-11,14,19-22,26-27,32-33,38H,12-13,15-18,31H2,1-6H3. The van der Waals surface area contributed by atoms with Crippen LogP contribution in [-0.4, -0.2) is 43.2 Å². The van der Waals surface area contributed by atoms with Crippen LogP contribution in [0, 0.1) is 16.7 Å². The van der Waals surface area contributed by atoms with Gasteiger partial charge < -0.3 is 19.8 Å². The summed E-state index contributed by atoms with van der Waals surface area (Å²) in [7, 11) is -1.32. The van der Waals surface area contributed by atoms with Crippen molar-refractivity contribution in [3.05, 3.63) is 59.2 Å². The second-order valence-corrected chi connectivity index (χ2v) is 16.1. The number of likely N-dealkylation sites (tertiary alicyclic amines) is 1. The number of aromatic nitrogens is 1. The fourth-order valence-corrected chi connectivity index (χ4v) is 9.20. The van der Waals surface area contributed by atoms with Crippen molar-refractivity contribution >= 4 is 15.0 Å². The molecule has 4 rings (SSSR count). The number of pyridine rings is 1. The average molecular weight is 538 g/mol. The zero-order valence-corrected chi connectivity index (χ0v) is 25.2. The van der Waals surface area contributed by atoms with Gasteiger partial charge in [0.1, 0.15) is 17.3 Å². The van der Waals surface area contributed by atoms with Gasteiger partial charge in [-0.15, -0.1) is 0 Å². The van der Waals surface area contributed by atoms with Gasteiger partial charge in [0, 0.05) is 19.1 Å². The van der Waals surface area contributed by atoms with E-state index in [4.69, 9.17) is 25.7 Å². The summed E-state index contributed by atoms with van der Waals surface area (Å²) in [5.41, 5.74) is 9.96. The van der Waals surface area contributed by atoms with E-state index >= 15 is 0 Å². The minimum atomic E-state index is -1.32. The van der Waals surface area contributed by atoms with Gasteiger partial charge in [-0.25, -0.2) is 0 Å². The van der Waals surface area contributed by atoms with E-state index in [0.717, 1.165) is 49.9 Å². The highest BCUT2D eigenvalue weighted by Gasteiger charge is 2.37. The van der Waals surface area contributed by atoms with Gasteiger partial charge in [0.2, 0.25) is 5.96 Å². The molecule has 2 heterocycles. The van der Waals surface area contributed by atoms with Crippen molar-refractivity contribution in [2.45, 2.75) is 96.1 Å². The van der Waals surface area contributed by atoms with Gasteiger partial charge >= 0.3 is 0 Å². The predicted octanol–water partition coefficient (Wildman–Crippen LogP) is 5.72. The van der Waals surface area contributed by atoms with Gasteiger partial charge in [-0.3, -0.25) is 15.4 Å². The summed E-state index contributed by atoms with van der Waals surface area (Å²) < 4.78 is 14.9. The van der Waals surface area contributed by atoms with E-state index in [1.165, 1.54) is 0 Å². The molecule has 7 nitrogen and oxygen atoms in total. The SMILES string of the molecule is CC(C)[SiH](OC(C)(C)C1CCN(C(=N)n2cc(OC3CCC(N)c4ccccc43)ccc2=N)CC1)C(C)C. The molecule has 1 aliphatic carbocycles. The largest absolute Gasteiger partial charge is 0.484 e. The normalized spacial score (nSPS) is 20.7. The fourth-order valence-electron chi connectivity index (χ4n) is 6.22. The Balaban J connectivity index is 1.42. The Morgan fingerprint density at radius 2 is 1.61 bits per heavy atom. The van der Waals surface area contributed by atoms with E-state index in [1.807, 2.05) is 18.2 Å². The molecule has 1 aromatic heterocycles. The maximum Gasteiger partial charge on any atom is 0.203 e. The average Bonchev–Trinajstić information content (AvgIpc) is 2.89. The maximum absolute atomic E-state index is 8.94. The van der Waals surface area contributed by atoms with Gasteiger partial charge in [-0.05, 0) is 79.8 Å². The number of hydrogen-bond donors (Lipinski definition) is 3. The van der Waals surface area contributed by atoms with Gasteiger partial charge in [0.05, 0.1) is 11.8 Å². The smallest absolute Gasteiger partial charge is 0.203 e. The van der Waals surface area contributed by atoms with Crippen molar-refractivity contribution in [2.75, 3.05) is 13.1 Å². The second-order valence-electron chi connectivity index (χ2n) is 12.3. The molecular formula is C30H47N5O2Si. The first-order valence-corrected chi connectivity index (χ1v) is 16.1. The number of piperidine rings is 1. The predicted molar refractivity (Wildman–Crippen MR) is 156 cm³/mol. The van der Waals surface area contributed by atoms with Crippen LogP contribution in [0.3, 0.4) is 0 Å². The van der Waals surface area contributed by atoms with Crippen molar-refractivity contribution < 1.29 is 9.16 Å². The zero-order chi connectivity index (χ0) is 27.6. The molecule has 2 aliphatic rings. The Labute approximate surface area is 230 Å². The van der Waals surface area contributed by atoms with Gasteiger partial charge in [0.25, 0.3) is 0 Å². The first-order valence-electron chi connectivity index (χ1n) is 14.3. The molecule has 0 radical (unpaired) electrons. The van der Waals surface area contributed by atoms with E-state index in [9.17, 15) is 0 Å². The third-order valence-electron chi connectivity index (χ3n) is 8.44. The number of hydrogen-bond acceptors (Lipinski definition) is 5. The molecule has 0 spiro atoms. The minimum Gasteiger partial charge on any atom is -0.484 e. The molecule has 2 aromatic rings. The van der Waals surface area contributed by atoms with E-state index in [0.29, 0.717) is 28.7 Å². The lowest BCUT2D eigenvalue weighted by atomic mass is 9.83. The number of nitrogens with one attached hydrogen (secondary N) is 2. The van der Waals surface area contributed by atoms with Crippen molar-refractivity contribution in [1.29, 1.82) is 10.8 Å². The molecule has 1 aromatic carbocycles. The monoisotopic (exact) mass is 537 g/mol.